The lowest BCUT2D eigenvalue weighted by atomic mass is 10.2. The molecule has 4 nitrogen and oxygen atoms in total. The molecular formula is C11H10F2N2O2S. The molecule has 1 unspecified atom stereocenters. The second-order valence-corrected chi connectivity index (χ2v) is 4.72. The number of anilines is 1. The molecule has 1 fully saturated rings. The van der Waals surface area contributed by atoms with Gasteiger partial charge in [-0.1, -0.05) is 23.9 Å². The molecule has 0 radical (unpaired) electrons. The van der Waals surface area contributed by atoms with Gasteiger partial charge in [0.25, 0.3) is 5.76 Å². The highest BCUT2D eigenvalue weighted by Gasteiger charge is 2.30. The number of amides is 2. The van der Waals surface area contributed by atoms with E-state index in [9.17, 15) is 18.4 Å². The number of rotatable bonds is 4. The third-order valence-corrected chi connectivity index (χ3v) is 3.19. The molecule has 0 spiro atoms. The van der Waals surface area contributed by atoms with Crippen LogP contribution >= 0.6 is 11.8 Å². The standard InChI is InChI=1S/C11H10F2N2O2S/c12-11(13)18-8-4-2-1-3-6(8)14-7-5-9(16)15-10(7)17/h1-4,7,11,14H,5H2,(H,15,16,17). The monoisotopic (exact) mass is 272 g/mol. The second kappa shape index (κ2) is 5.34. The first kappa shape index (κ1) is 12.8. The highest BCUT2D eigenvalue weighted by atomic mass is 32.2. The fourth-order valence-corrected chi connectivity index (χ4v) is 2.25. The van der Waals surface area contributed by atoms with E-state index in [1.54, 1.807) is 18.2 Å². The molecule has 2 rings (SSSR count). The molecule has 1 heterocycles. The van der Waals surface area contributed by atoms with Crippen LogP contribution in [0.15, 0.2) is 29.2 Å². The van der Waals surface area contributed by atoms with E-state index in [4.69, 9.17) is 0 Å². The van der Waals surface area contributed by atoms with Gasteiger partial charge >= 0.3 is 0 Å². The zero-order chi connectivity index (χ0) is 13.1. The number of carbonyl (C=O) groups excluding carboxylic acids is 2. The van der Waals surface area contributed by atoms with Crippen LogP contribution in [0.25, 0.3) is 0 Å². The van der Waals surface area contributed by atoms with Gasteiger partial charge in [-0.2, -0.15) is 8.78 Å². The van der Waals surface area contributed by atoms with Crippen LogP contribution in [0.3, 0.4) is 0 Å². The van der Waals surface area contributed by atoms with Gasteiger partial charge in [0.1, 0.15) is 6.04 Å². The molecule has 2 N–H and O–H groups in total. The highest BCUT2D eigenvalue weighted by molar-refractivity contribution is 7.99. The molecule has 1 aromatic carbocycles. The zero-order valence-electron chi connectivity index (χ0n) is 9.15. The summed E-state index contributed by atoms with van der Waals surface area (Å²) in [5, 5.41) is 4.96. The summed E-state index contributed by atoms with van der Waals surface area (Å²) in [5.74, 6) is -3.33. The van der Waals surface area contributed by atoms with Gasteiger partial charge in [-0.05, 0) is 12.1 Å². The van der Waals surface area contributed by atoms with E-state index in [0.29, 0.717) is 22.3 Å². The van der Waals surface area contributed by atoms with Crippen LogP contribution in [-0.2, 0) is 9.59 Å². The van der Waals surface area contributed by atoms with E-state index in [1.165, 1.54) is 6.07 Å². The Kier molecular flexibility index (Phi) is 3.81. The predicted octanol–water partition coefficient (Wildman–Crippen LogP) is 1.83. The van der Waals surface area contributed by atoms with Gasteiger partial charge in [0.05, 0.1) is 6.42 Å². The Morgan fingerprint density at radius 3 is 2.67 bits per heavy atom. The van der Waals surface area contributed by atoms with Crippen molar-refractivity contribution in [2.24, 2.45) is 0 Å². The van der Waals surface area contributed by atoms with Crippen LogP contribution < -0.4 is 10.6 Å². The third-order valence-electron chi connectivity index (χ3n) is 2.40. The minimum Gasteiger partial charge on any atom is -0.372 e. The average molecular weight is 272 g/mol. The number of hydrogen-bond donors (Lipinski definition) is 2. The molecule has 0 bridgehead atoms. The largest absolute Gasteiger partial charge is 0.372 e. The summed E-state index contributed by atoms with van der Waals surface area (Å²) in [7, 11) is 0. The first-order chi connectivity index (χ1) is 8.56. The Bertz CT molecular complexity index is 482. The lowest BCUT2D eigenvalue weighted by Crippen LogP contribution is -2.30. The van der Waals surface area contributed by atoms with Crippen molar-refractivity contribution < 1.29 is 18.4 Å². The number of alkyl halides is 2. The smallest absolute Gasteiger partial charge is 0.288 e. The van der Waals surface area contributed by atoms with Crippen LogP contribution in [0.4, 0.5) is 14.5 Å². The zero-order valence-corrected chi connectivity index (χ0v) is 9.97. The maximum absolute atomic E-state index is 12.4. The minimum atomic E-state index is -2.54. The van der Waals surface area contributed by atoms with E-state index < -0.39 is 17.7 Å². The van der Waals surface area contributed by atoms with Crippen LogP contribution in [-0.4, -0.2) is 23.6 Å². The van der Waals surface area contributed by atoms with Crippen molar-refractivity contribution in [2.75, 3.05) is 5.32 Å². The van der Waals surface area contributed by atoms with Gasteiger partial charge in [-0.25, -0.2) is 0 Å². The molecule has 1 aliphatic heterocycles. The molecule has 18 heavy (non-hydrogen) atoms. The molecule has 96 valence electrons. The molecular weight excluding hydrogens is 262 g/mol. The van der Waals surface area contributed by atoms with Gasteiger partial charge < -0.3 is 5.32 Å². The average Bonchev–Trinajstić information content (AvgIpc) is 2.59. The Balaban J connectivity index is 2.13. The Morgan fingerprint density at radius 2 is 2.06 bits per heavy atom. The number of hydrogen-bond acceptors (Lipinski definition) is 4. The maximum atomic E-state index is 12.4. The molecule has 1 atom stereocenters. The Hall–Kier alpha value is -1.63. The van der Waals surface area contributed by atoms with Crippen LogP contribution in [0.5, 0.6) is 0 Å². The summed E-state index contributed by atoms with van der Waals surface area (Å²) < 4.78 is 24.7. The highest BCUT2D eigenvalue weighted by Crippen LogP contribution is 2.32. The Morgan fingerprint density at radius 1 is 1.33 bits per heavy atom. The molecule has 7 heteroatoms. The fourth-order valence-electron chi connectivity index (χ4n) is 1.64. The van der Waals surface area contributed by atoms with Gasteiger partial charge in [-0.15, -0.1) is 0 Å². The predicted molar refractivity (Wildman–Crippen MR) is 63.5 cm³/mol. The Labute approximate surface area is 106 Å². The molecule has 0 aromatic heterocycles. The van der Waals surface area contributed by atoms with E-state index >= 15 is 0 Å². The fraction of sp³-hybridized carbons (Fsp3) is 0.273. The number of carbonyl (C=O) groups is 2. The van der Waals surface area contributed by atoms with Crippen molar-refractivity contribution in [3.05, 3.63) is 24.3 Å². The number of nitrogens with one attached hydrogen (secondary N) is 2. The van der Waals surface area contributed by atoms with Crippen molar-refractivity contribution in [2.45, 2.75) is 23.1 Å². The van der Waals surface area contributed by atoms with Crippen molar-refractivity contribution >= 4 is 29.3 Å². The van der Waals surface area contributed by atoms with Crippen LogP contribution in [0.2, 0.25) is 0 Å². The van der Waals surface area contributed by atoms with E-state index in [2.05, 4.69) is 10.6 Å². The number of imide groups is 1. The van der Waals surface area contributed by atoms with Crippen LogP contribution in [0, 0.1) is 0 Å². The van der Waals surface area contributed by atoms with Crippen molar-refractivity contribution in [3.8, 4) is 0 Å². The quantitative estimate of drug-likeness (QED) is 0.648. The maximum Gasteiger partial charge on any atom is 0.288 e. The number of thioether (sulfide) groups is 1. The summed E-state index contributed by atoms with van der Waals surface area (Å²) >= 11 is 0.398. The first-order valence-corrected chi connectivity index (χ1v) is 6.08. The second-order valence-electron chi connectivity index (χ2n) is 3.69. The van der Waals surface area contributed by atoms with E-state index in [1.807, 2.05) is 0 Å². The lowest BCUT2D eigenvalue weighted by Gasteiger charge is -2.14. The molecule has 1 aliphatic rings. The summed E-state index contributed by atoms with van der Waals surface area (Å²) in [6.45, 7) is 0. The molecule has 1 aromatic rings. The van der Waals surface area contributed by atoms with Crippen LogP contribution in [0.1, 0.15) is 6.42 Å². The lowest BCUT2D eigenvalue weighted by molar-refractivity contribution is -0.124. The van der Waals surface area contributed by atoms with Gasteiger partial charge in [-0.3, -0.25) is 14.9 Å². The third kappa shape index (κ3) is 2.98. The SMILES string of the molecule is O=C1CC(Nc2ccccc2SC(F)F)C(=O)N1. The molecule has 0 aliphatic carbocycles. The summed E-state index contributed by atoms with van der Waals surface area (Å²) in [6.07, 6.45) is 0.0204. The van der Waals surface area contributed by atoms with Gasteiger partial charge in [0.2, 0.25) is 11.8 Å². The number of benzene rings is 1. The minimum absolute atomic E-state index is 0.0204. The summed E-state index contributed by atoms with van der Waals surface area (Å²) in [5.41, 5.74) is 0.428. The van der Waals surface area contributed by atoms with Gasteiger partial charge in [0, 0.05) is 10.6 Å². The van der Waals surface area contributed by atoms with Gasteiger partial charge in [0.15, 0.2) is 0 Å². The first-order valence-electron chi connectivity index (χ1n) is 5.20. The summed E-state index contributed by atoms with van der Waals surface area (Å²) in [6, 6.07) is 5.74. The molecule has 2 amide bonds. The topological polar surface area (TPSA) is 58.2 Å². The molecule has 1 saturated heterocycles. The normalized spacial score (nSPS) is 19.2. The van der Waals surface area contributed by atoms with Crippen molar-refractivity contribution in [1.29, 1.82) is 0 Å². The number of para-hydroxylation sites is 1. The number of halogens is 2. The van der Waals surface area contributed by atoms with E-state index in [0.717, 1.165) is 0 Å². The molecule has 0 saturated carbocycles. The van der Waals surface area contributed by atoms with E-state index in [-0.39, 0.29) is 12.3 Å². The van der Waals surface area contributed by atoms with Crippen molar-refractivity contribution in [3.63, 3.8) is 0 Å². The summed E-state index contributed by atoms with van der Waals surface area (Å²) in [4.78, 5) is 22.7. The van der Waals surface area contributed by atoms with Crippen molar-refractivity contribution in [1.82, 2.24) is 5.32 Å².